The van der Waals surface area contributed by atoms with E-state index in [0.717, 1.165) is 25.5 Å². The van der Waals surface area contributed by atoms with Gasteiger partial charge in [0.15, 0.2) is 14.0 Å². The third kappa shape index (κ3) is 4.64. The fourth-order valence-electron chi connectivity index (χ4n) is 1.64. The molecule has 1 heterocycles. The first kappa shape index (κ1) is 19.5. The second kappa shape index (κ2) is 7.62. The standard InChI is InChI=1S/C13H10BrF2NO6S2/c1-21-13(18)23-10-11(17-24-12(10)25(2,19)20)22-5-7-8(15)3-6(14)4-9(7)16/h3-4H,5H2,1-2H3. The maximum Gasteiger partial charge on any atom is 0.513 e. The van der Waals surface area contributed by atoms with E-state index in [1.807, 2.05) is 0 Å². The molecule has 0 spiro atoms. The molecule has 0 saturated carbocycles. The van der Waals surface area contributed by atoms with E-state index in [-0.39, 0.29) is 8.68 Å². The van der Waals surface area contributed by atoms with Gasteiger partial charge < -0.3 is 14.2 Å². The molecule has 136 valence electrons. The second-order valence-corrected chi connectivity index (χ2v) is 8.47. The van der Waals surface area contributed by atoms with Gasteiger partial charge in [-0.25, -0.2) is 22.0 Å². The molecule has 0 radical (unpaired) electrons. The van der Waals surface area contributed by atoms with Crippen molar-refractivity contribution in [3.63, 3.8) is 0 Å². The number of carbonyl (C=O) groups excluding carboxylic acids is 1. The lowest BCUT2D eigenvalue weighted by Gasteiger charge is -2.09. The molecular weight excluding hydrogens is 448 g/mol. The minimum atomic E-state index is -3.78. The SMILES string of the molecule is COC(=O)Oc1c(OCc2c(F)cc(Br)cc2F)nsc1S(C)(=O)=O. The number of rotatable bonds is 5. The van der Waals surface area contributed by atoms with Crippen molar-refractivity contribution >= 4 is 43.5 Å². The van der Waals surface area contributed by atoms with Crippen molar-refractivity contribution in [2.45, 2.75) is 10.8 Å². The minimum absolute atomic E-state index is 0.203. The summed E-state index contributed by atoms with van der Waals surface area (Å²) in [6, 6.07) is 2.08. The zero-order valence-corrected chi connectivity index (χ0v) is 15.9. The predicted molar refractivity (Wildman–Crippen MR) is 86.6 cm³/mol. The van der Waals surface area contributed by atoms with Gasteiger partial charge in [0.05, 0.1) is 12.7 Å². The molecule has 0 amide bonds. The van der Waals surface area contributed by atoms with Crippen LogP contribution in [-0.2, 0) is 21.2 Å². The number of aromatic nitrogens is 1. The second-order valence-electron chi connectivity index (χ2n) is 4.57. The molecule has 0 aliphatic carbocycles. The fraction of sp³-hybridized carbons (Fsp3) is 0.231. The highest BCUT2D eigenvalue weighted by atomic mass is 79.9. The quantitative estimate of drug-likeness (QED) is 0.635. The van der Waals surface area contributed by atoms with Gasteiger partial charge in [0, 0.05) is 10.7 Å². The monoisotopic (exact) mass is 457 g/mol. The van der Waals surface area contributed by atoms with E-state index in [1.165, 1.54) is 0 Å². The average molecular weight is 458 g/mol. The Morgan fingerprint density at radius 3 is 2.44 bits per heavy atom. The largest absolute Gasteiger partial charge is 0.513 e. The van der Waals surface area contributed by atoms with E-state index in [9.17, 15) is 22.0 Å². The zero-order chi connectivity index (χ0) is 18.8. The lowest BCUT2D eigenvalue weighted by molar-refractivity contribution is 0.118. The third-order valence-electron chi connectivity index (χ3n) is 2.74. The normalized spacial score (nSPS) is 11.2. The summed E-state index contributed by atoms with van der Waals surface area (Å²) in [7, 11) is -2.76. The van der Waals surface area contributed by atoms with Crippen LogP contribution < -0.4 is 9.47 Å². The molecular formula is C13H10BrF2NO6S2. The number of hydrogen-bond donors (Lipinski definition) is 0. The maximum absolute atomic E-state index is 13.8. The smallest absolute Gasteiger partial charge is 0.469 e. The van der Waals surface area contributed by atoms with Crippen molar-refractivity contribution in [2.24, 2.45) is 0 Å². The molecule has 0 fully saturated rings. The summed E-state index contributed by atoms with van der Waals surface area (Å²) in [6.45, 7) is -0.602. The molecule has 12 heteroatoms. The summed E-state index contributed by atoms with van der Waals surface area (Å²) in [5, 5.41) is 0. The molecule has 0 N–H and O–H groups in total. The Balaban J connectivity index is 2.34. The number of carbonyl (C=O) groups is 1. The molecule has 1 aromatic carbocycles. The summed E-state index contributed by atoms with van der Waals surface area (Å²) >= 11 is 3.44. The van der Waals surface area contributed by atoms with E-state index in [0.29, 0.717) is 11.5 Å². The number of halogens is 3. The van der Waals surface area contributed by atoms with Crippen LogP contribution in [0.25, 0.3) is 0 Å². The molecule has 7 nitrogen and oxygen atoms in total. The Hall–Kier alpha value is -1.79. The maximum atomic E-state index is 13.8. The molecule has 0 unspecified atom stereocenters. The lowest BCUT2D eigenvalue weighted by atomic mass is 10.2. The molecule has 0 aliphatic heterocycles. The zero-order valence-electron chi connectivity index (χ0n) is 12.7. The summed E-state index contributed by atoms with van der Waals surface area (Å²) in [4.78, 5) is 11.3. The van der Waals surface area contributed by atoms with Crippen molar-refractivity contribution in [3.05, 3.63) is 33.8 Å². The first-order valence-electron chi connectivity index (χ1n) is 6.35. The van der Waals surface area contributed by atoms with Gasteiger partial charge in [0.25, 0.3) is 5.88 Å². The summed E-state index contributed by atoms with van der Waals surface area (Å²) in [5.41, 5.74) is -0.402. The highest BCUT2D eigenvalue weighted by molar-refractivity contribution is 9.10. The number of ether oxygens (including phenoxy) is 3. The van der Waals surface area contributed by atoms with Crippen molar-refractivity contribution in [1.29, 1.82) is 0 Å². The van der Waals surface area contributed by atoms with Crippen LogP contribution in [0.2, 0.25) is 0 Å². The minimum Gasteiger partial charge on any atom is -0.469 e. The molecule has 0 bridgehead atoms. The average Bonchev–Trinajstić information content (AvgIpc) is 2.89. The first-order valence-corrected chi connectivity index (χ1v) is 9.81. The number of nitrogens with zero attached hydrogens (tertiary/aromatic N) is 1. The fourth-order valence-corrected chi connectivity index (χ4v) is 3.68. The summed E-state index contributed by atoms with van der Waals surface area (Å²) < 4.78 is 68.8. The first-order chi connectivity index (χ1) is 11.6. The Morgan fingerprint density at radius 2 is 1.92 bits per heavy atom. The van der Waals surface area contributed by atoms with Gasteiger partial charge >= 0.3 is 6.16 Å². The van der Waals surface area contributed by atoms with Gasteiger partial charge in [-0.15, -0.1) is 0 Å². The van der Waals surface area contributed by atoms with Gasteiger partial charge in [0.1, 0.15) is 18.2 Å². The van der Waals surface area contributed by atoms with Gasteiger partial charge in [0.2, 0.25) is 5.75 Å². The highest BCUT2D eigenvalue weighted by Crippen LogP contribution is 2.38. The number of hydrogen-bond acceptors (Lipinski definition) is 8. The number of benzene rings is 1. The van der Waals surface area contributed by atoms with Gasteiger partial charge in [-0.2, -0.15) is 4.37 Å². The van der Waals surface area contributed by atoms with Crippen LogP contribution in [0.1, 0.15) is 5.56 Å². The van der Waals surface area contributed by atoms with Crippen LogP contribution in [0.5, 0.6) is 11.6 Å². The molecule has 2 rings (SSSR count). The van der Waals surface area contributed by atoms with Crippen molar-refractivity contribution in [1.82, 2.24) is 4.37 Å². The van der Waals surface area contributed by atoms with Crippen LogP contribution in [0.3, 0.4) is 0 Å². The predicted octanol–water partition coefficient (Wildman–Crippen LogP) is 3.31. The molecule has 25 heavy (non-hydrogen) atoms. The van der Waals surface area contributed by atoms with Gasteiger partial charge in [-0.05, 0) is 23.7 Å². The summed E-state index contributed by atoms with van der Waals surface area (Å²) in [5.74, 6) is -2.66. The summed E-state index contributed by atoms with van der Waals surface area (Å²) in [6.07, 6.45) is -0.321. The lowest BCUT2D eigenvalue weighted by Crippen LogP contribution is -2.10. The Labute approximate surface area is 153 Å². The number of sulfone groups is 1. The van der Waals surface area contributed by atoms with Crippen molar-refractivity contribution in [3.8, 4) is 11.6 Å². The molecule has 0 atom stereocenters. The Morgan fingerprint density at radius 1 is 1.32 bits per heavy atom. The Kier molecular flexibility index (Phi) is 5.95. The Bertz CT molecular complexity index is 892. The van der Waals surface area contributed by atoms with Gasteiger partial charge in [-0.3, -0.25) is 0 Å². The van der Waals surface area contributed by atoms with E-state index < -0.39 is 51.4 Å². The van der Waals surface area contributed by atoms with Crippen molar-refractivity contribution in [2.75, 3.05) is 13.4 Å². The van der Waals surface area contributed by atoms with Crippen LogP contribution in [-0.4, -0.2) is 32.3 Å². The molecule has 0 saturated heterocycles. The van der Waals surface area contributed by atoms with Crippen LogP contribution in [0.4, 0.5) is 13.6 Å². The molecule has 2 aromatic rings. The highest BCUT2D eigenvalue weighted by Gasteiger charge is 2.27. The topological polar surface area (TPSA) is 91.8 Å². The van der Waals surface area contributed by atoms with E-state index in [2.05, 4.69) is 25.0 Å². The van der Waals surface area contributed by atoms with Crippen molar-refractivity contribution < 1.29 is 36.2 Å². The van der Waals surface area contributed by atoms with Crippen LogP contribution in [0, 0.1) is 11.6 Å². The van der Waals surface area contributed by atoms with E-state index in [4.69, 9.17) is 9.47 Å². The molecule has 0 aliphatic rings. The number of methoxy groups -OCH3 is 1. The third-order valence-corrected chi connectivity index (χ3v) is 5.80. The van der Waals surface area contributed by atoms with Gasteiger partial charge in [-0.1, -0.05) is 15.9 Å². The molecule has 1 aromatic heterocycles. The van der Waals surface area contributed by atoms with E-state index >= 15 is 0 Å². The van der Waals surface area contributed by atoms with E-state index in [1.54, 1.807) is 0 Å². The van der Waals surface area contributed by atoms with Crippen LogP contribution in [0.15, 0.2) is 20.8 Å². The van der Waals surface area contributed by atoms with Crippen LogP contribution >= 0.6 is 27.5 Å².